The first kappa shape index (κ1) is 15.9. The Morgan fingerprint density at radius 2 is 1.30 bits per heavy atom. The van der Waals surface area contributed by atoms with Crippen LogP contribution in [0, 0.1) is 0 Å². The molecule has 104 valence electrons. The first-order valence-electron chi connectivity index (χ1n) is 5.75. The van der Waals surface area contributed by atoms with Gasteiger partial charge in [0.1, 0.15) is 9.90 Å². The van der Waals surface area contributed by atoms with E-state index in [1.807, 2.05) is 65.6 Å². The summed E-state index contributed by atoms with van der Waals surface area (Å²) in [6.45, 7) is 0. The highest BCUT2D eigenvalue weighted by Gasteiger charge is 2.15. The van der Waals surface area contributed by atoms with Crippen molar-refractivity contribution >= 4 is 62.0 Å². The third-order valence-corrected chi connectivity index (χ3v) is 4.38. The molecule has 0 aliphatic heterocycles. The molecule has 2 rings (SSSR count). The Bertz CT molecular complexity index is 600. The molecule has 0 amide bonds. The second-order valence-corrected chi connectivity index (χ2v) is 12.3. The van der Waals surface area contributed by atoms with Crippen molar-refractivity contribution in [2.45, 2.75) is 0 Å². The standard InChI is InChI=1S/C14H11Cl3NPS/c15-14(11-19(16,17)20)18(12-7-3-1-4-8-12)13-9-5-2-6-10-13/h1-11H. The lowest BCUT2D eigenvalue weighted by Gasteiger charge is -2.24. The highest BCUT2D eigenvalue weighted by atomic mass is 35.9. The van der Waals surface area contributed by atoms with Gasteiger partial charge in [0, 0.05) is 17.2 Å². The number of hydrogen-bond donors (Lipinski definition) is 0. The molecule has 0 heterocycles. The molecule has 0 saturated carbocycles. The SMILES string of the molecule is S=P(Cl)(Cl)C=C(Cl)N(c1ccccc1)c1ccccc1. The third-order valence-electron chi connectivity index (χ3n) is 2.50. The van der Waals surface area contributed by atoms with E-state index >= 15 is 0 Å². The van der Waals surface area contributed by atoms with Gasteiger partial charge in [-0.1, -0.05) is 82.3 Å². The van der Waals surface area contributed by atoms with Gasteiger partial charge < -0.3 is 4.90 Å². The quantitative estimate of drug-likeness (QED) is 0.442. The maximum absolute atomic E-state index is 6.38. The smallest absolute Gasteiger partial charge is 0.143 e. The monoisotopic (exact) mass is 361 g/mol. The van der Waals surface area contributed by atoms with Crippen LogP contribution in [0.5, 0.6) is 0 Å². The molecule has 0 radical (unpaired) electrons. The normalized spacial score (nSPS) is 12.2. The average Bonchev–Trinajstić information content (AvgIpc) is 2.39. The van der Waals surface area contributed by atoms with E-state index in [0.29, 0.717) is 5.16 Å². The molecule has 0 saturated heterocycles. The molecule has 0 fully saturated rings. The number of hydrogen-bond acceptors (Lipinski definition) is 2. The van der Waals surface area contributed by atoms with E-state index in [9.17, 15) is 0 Å². The molecule has 6 heteroatoms. The van der Waals surface area contributed by atoms with E-state index in [0.717, 1.165) is 11.4 Å². The summed E-state index contributed by atoms with van der Waals surface area (Å²) in [6, 6.07) is 19.4. The Kier molecular flexibility index (Phi) is 5.54. The lowest BCUT2D eigenvalue weighted by Crippen LogP contribution is -2.12. The second kappa shape index (κ2) is 6.98. The average molecular weight is 363 g/mol. The highest BCUT2D eigenvalue weighted by molar-refractivity contribution is 8.40. The summed E-state index contributed by atoms with van der Waals surface area (Å²) in [5.41, 5.74) is 1.83. The Morgan fingerprint density at radius 1 is 0.900 bits per heavy atom. The Morgan fingerprint density at radius 3 is 1.65 bits per heavy atom. The first-order valence-corrected chi connectivity index (χ1v) is 10.8. The lowest BCUT2D eigenvalue weighted by molar-refractivity contribution is 1.26. The zero-order valence-corrected chi connectivity index (χ0v) is 14.3. The van der Waals surface area contributed by atoms with Crippen LogP contribution in [0.4, 0.5) is 11.4 Å². The molecule has 0 unspecified atom stereocenters. The van der Waals surface area contributed by atoms with E-state index in [4.69, 9.17) is 45.9 Å². The zero-order valence-electron chi connectivity index (χ0n) is 10.3. The number of anilines is 2. The van der Waals surface area contributed by atoms with E-state index in [1.165, 1.54) is 5.82 Å². The van der Waals surface area contributed by atoms with Crippen LogP contribution in [-0.4, -0.2) is 0 Å². The van der Waals surface area contributed by atoms with Gasteiger partial charge in [0.2, 0.25) is 0 Å². The van der Waals surface area contributed by atoms with Crippen molar-refractivity contribution in [2.75, 3.05) is 4.90 Å². The van der Waals surface area contributed by atoms with Crippen molar-refractivity contribution < 1.29 is 0 Å². The van der Waals surface area contributed by atoms with E-state index in [2.05, 4.69) is 0 Å². The molecule has 2 aromatic carbocycles. The van der Waals surface area contributed by atoms with E-state index in [1.54, 1.807) is 0 Å². The van der Waals surface area contributed by atoms with Crippen molar-refractivity contribution in [2.24, 2.45) is 0 Å². The van der Waals surface area contributed by atoms with Crippen molar-refractivity contribution in [1.82, 2.24) is 0 Å². The number of nitrogens with zero attached hydrogens (tertiary/aromatic N) is 1. The first-order chi connectivity index (χ1) is 9.47. The van der Waals surface area contributed by atoms with Gasteiger partial charge in [0.05, 0.1) is 0 Å². The van der Waals surface area contributed by atoms with Crippen LogP contribution in [0.2, 0.25) is 0 Å². The molecule has 0 aromatic heterocycles. The third kappa shape index (κ3) is 4.51. The van der Waals surface area contributed by atoms with Gasteiger partial charge in [-0.3, -0.25) is 0 Å². The minimum absolute atomic E-state index is 0.399. The Labute approximate surface area is 138 Å². The van der Waals surface area contributed by atoms with E-state index < -0.39 is 4.74 Å². The molecule has 0 spiro atoms. The molecule has 0 aliphatic rings. The van der Waals surface area contributed by atoms with Gasteiger partial charge in [-0.2, -0.15) is 0 Å². The maximum Gasteiger partial charge on any atom is 0.143 e. The summed E-state index contributed by atoms with van der Waals surface area (Å²) in [5, 5.41) is 0.399. The van der Waals surface area contributed by atoms with Crippen molar-refractivity contribution in [1.29, 1.82) is 0 Å². The van der Waals surface area contributed by atoms with Gasteiger partial charge in [-0.05, 0) is 24.3 Å². The zero-order chi connectivity index (χ0) is 14.6. The van der Waals surface area contributed by atoms with Gasteiger partial charge in [-0.15, -0.1) is 0 Å². The largest absolute Gasteiger partial charge is 0.301 e. The summed E-state index contributed by atoms with van der Waals surface area (Å²) in [4.78, 5) is 1.85. The molecule has 0 aliphatic carbocycles. The predicted octanol–water partition coefficient (Wildman–Crippen LogP) is 6.65. The van der Waals surface area contributed by atoms with Gasteiger partial charge >= 0.3 is 0 Å². The fourth-order valence-corrected chi connectivity index (χ4v) is 4.06. The lowest BCUT2D eigenvalue weighted by atomic mass is 10.2. The van der Waals surface area contributed by atoms with Crippen LogP contribution in [-0.2, 0) is 11.8 Å². The minimum Gasteiger partial charge on any atom is -0.301 e. The molecule has 20 heavy (non-hydrogen) atoms. The Balaban J connectivity index is 2.51. The van der Waals surface area contributed by atoms with Gasteiger partial charge in [0.15, 0.2) is 0 Å². The van der Waals surface area contributed by atoms with Gasteiger partial charge in [0.25, 0.3) is 0 Å². The summed E-state index contributed by atoms with van der Waals surface area (Å²) in [6.07, 6.45) is 0. The molecular formula is C14H11Cl3NPS. The number of benzene rings is 2. The number of halogens is 3. The molecule has 0 N–H and O–H groups in total. The number of rotatable bonds is 4. The Hall–Kier alpha value is -0.500. The maximum atomic E-state index is 6.38. The van der Waals surface area contributed by atoms with Crippen molar-refractivity contribution in [3.63, 3.8) is 0 Å². The summed E-state index contributed by atoms with van der Waals surface area (Å²) in [5.74, 6) is 1.53. The summed E-state index contributed by atoms with van der Waals surface area (Å²) < 4.78 is -2.57. The summed E-state index contributed by atoms with van der Waals surface area (Å²) >= 11 is 23.3. The van der Waals surface area contributed by atoms with Crippen LogP contribution >= 0.6 is 38.8 Å². The van der Waals surface area contributed by atoms with Crippen LogP contribution < -0.4 is 4.90 Å². The van der Waals surface area contributed by atoms with Crippen molar-refractivity contribution in [3.8, 4) is 0 Å². The topological polar surface area (TPSA) is 3.24 Å². The minimum atomic E-state index is -2.57. The van der Waals surface area contributed by atoms with Crippen LogP contribution in [0.3, 0.4) is 0 Å². The highest BCUT2D eigenvalue weighted by Crippen LogP contribution is 2.60. The summed E-state index contributed by atoms with van der Waals surface area (Å²) in [7, 11) is 0. The molecule has 0 bridgehead atoms. The van der Waals surface area contributed by atoms with E-state index in [-0.39, 0.29) is 0 Å². The van der Waals surface area contributed by atoms with Gasteiger partial charge in [-0.25, -0.2) is 0 Å². The predicted molar refractivity (Wildman–Crippen MR) is 95.0 cm³/mol. The second-order valence-electron chi connectivity index (χ2n) is 3.96. The molecular weight excluding hydrogens is 352 g/mol. The van der Waals surface area contributed by atoms with Crippen molar-refractivity contribution in [3.05, 3.63) is 71.6 Å². The molecule has 2 aromatic rings. The van der Waals surface area contributed by atoms with Crippen LogP contribution in [0.1, 0.15) is 0 Å². The fourth-order valence-electron chi connectivity index (χ4n) is 1.73. The van der Waals surface area contributed by atoms with Crippen LogP contribution in [0.25, 0.3) is 0 Å². The molecule has 1 nitrogen and oxygen atoms in total. The fraction of sp³-hybridized carbons (Fsp3) is 0. The van der Waals surface area contributed by atoms with Crippen LogP contribution in [0.15, 0.2) is 71.6 Å². The molecule has 0 atom stereocenters. The number of para-hydroxylation sites is 2.